The monoisotopic (exact) mass is 797 g/mol. The van der Waals surface area contributed by atoms with Gasteiger partial charge in [-0.25, -0.2) is 4.52 Å². The van der Waals surface area contributed by atoms with Crippen molar-refractivity contribution >= 4 is 57.8 Å². The van der Waals surface area contributed by atoms with Crippen molar-refractivity contribution in [1.82, 2.24) is 40.3 Å². The Hall–Kier alpha value is -6.54. The molecule has 5 amide bonds. The van der Waals surface area contributed by atoms with Gasteiger partial charge in [-0.15, -0.1) is 10.2 Å². The first kappa shape index (κ1) is 37.1. The highest BCUT2D eigenvalue weighted by atomic mass is 32.1. The average molecular weight is 798 g/mol. The van der Waals surface area contributed by atoms with Crippen molar-refractivity contribution in [3.05, 3.63) is 76.6 Å². The predicted molar refractivity (Wildman–Crippen MR) is 213 cm³/mol. The summed E-state index contributed by atoms with van der Waals surface area (Å²) >= 11 is 1.57. The van der Waals surface area contributed by atoms with Crippen molar-refractivity contribution in [2.24, 2.45) is 5.92 Å². The Morgan fingerprint density at radius 1 is 0.897 bits per heavy atom. The number of piperidine rings is 2. The number of fused-ring (bicyclic) bond motifs is 2. The molecule has 16 nitrogen and oxygen atoms in total. The van der Waals surface area contributed by atoms with Crippen molar-refractivity contribution in [3.63, 3.8) is 0 Å². The van der Waals surface area contributed by atoms with Gasteiger partial charge in [-0.2, -0.15) is 10.4 Å². The number of imide groups is 2. The molecule has 58 heavy (non-hydrogen) atoms. The summed E-state index contributed by atoms with van der Waals surface area (Å²) in [5.41, 5.74) is 5.87. The number of hydrogen-bond acceptors (Lipinski definition) is 13. The van der Waals surface area contributed by atoms with Gasteiger partial charge in [0.25, 0.3) is 11.8 Å². The second-order valence-corrected chi connectivity index (χ2v) is 16.2. The van der Waals surface area contributed by atoms with Crippen LogP contribution in [0.15, 0.2) is 54.9 Å². The Morgan fingerprint density at radius 2 is 1.69 bits per heavy atom. The van der Waals surface area contributed by atoms with Gasteiger partial charge < -0.3 is 15.5 Å². The number of nitriles is 1. The van der Waals surface area contributed by atoms with Gasteiger partial charge in [-0.1, -0.05) is 11.3 Å². The fourth-order valence-electron chi connectivity index (χ4n) is 8.59. The molecule has 294 valence electrons. The van der Waals surface area contributed by atoms with Crippen LogP contribution in [-0.4, -0.2) is 91.5 Å². The van der Waals surface area contributed by atoms with E-state index in [4.69, 9.17) is 4.98 Å². The molecule has 1 atom stereocenters. The summed E-state index contributed by atoms with van der Waals surface area (Å²) in [6.45, 7) is 1.25. The summed E-state index contributed by atoms with van der Waals surface area (Å²) < 4.78 is 1.77. The van der Waals surface area contributed by atoms with Crippen LogP contribution < -0.4 is 20.9 Å². The van der Waals surface area contributed by atoms with Crippen LogP contribution in [-0.2, 0) is 14.4 Å². The third kappa shape index (κ3) is 6.72. The van der Waals surface area contributed by atoms with E-state index in [1.165, 1.54) is 6.20 Å². The molecule has 2 saturated heterocycles. The lowest BCUT2D eigenvalue weighted by atomic mass is 9.86. The minimum atomic E-state index is -1.01. The van der Waals surface area contributed by atoms with E-state index in [1.807, 2.05) is 31.3 Å². The highest BCUT2D eigenvalue weighted by Crippen LogP contribution is 2.39. The van der Waals surface area contributed by atoms with Gasteiger partial charge >= 0.3 is 0 Å². The van der Waals surface area contributed by atoms with Crippen LogP contribution in [0.3, 0.4) is 0 Å². The predicted octanol–water partition coefficient (Wildman–Crippen LogP) is 4.29. The van der Waals surface area contributed by atoms with Crippen LogP contribution in [0.2, 0.25) is 0 Å². The first-order valence-corrected chi connectivity index (χ1v) is 20.3. The molecule has 4 aliphatic rings. The molecule has 1 aromatic carbocycles. The largest absolute Gasteiger partial charge is 0.387 e. The van der Waals surface area contributed by atoms with E-state index in [9.17, 15) is 29.2 Å². The van der Waals surface area contributed by atoms with E-state index in [2.05, 4.69) is 42.2 Å². The molecule has 0 bridgehead atoms. The third-order valence-electron chi connectivity index (χ3n) is 11.8. The average Bonchev–Trinajstić information content (AvgIpc) is 3.97. The molecule has 0 spiro atoms. The topological polar surface area (TPSA) is 208 Å². The van der Waals surface area contributed by atoms with Gasteiger partial charge in [-0.05, 0) is 87.4 Å². The van der Waals surface area contributed by atoms with E-state index in [-0.39, 0.29) is 47.8 Å². The van der Waals surface area contributed by atoms with Gasteiger partial charge in [0, 0.05) is 62.0 Å². The molecule has 5 aromatic rings. The molecule has 7 heterocycles. The number of nitrogens with zero attached hydrogens (tertiary/aromatic N) is 8. The maximum absolute atomic E-state index is 13.4. The highest BCUT2D eigenvalue weighted by molar-refractivity contribution is 7.14. The van der Waals surface area contributed by atoms with Crippen molar-refractivity contribution in [2.45, 2.75) is 69.4 Å². The highest BCUT2D eigenvalue weighted by Gasteiger charge is 2.45. The lowest BCUT2D eigenvalue weighted by molar-refractivity contribution is -0.136. The van der Waals surface area contributed by atoms with Crippen molar-refractivity contribution in [2.75, 3.05) is 30.4 Å². The summed E-state index contributed by atoms with van der Waals surface area (Å²) in [5.74, 6) is -1.89. The minimum Gasteiger partial charge on any atom is -0.387 e. The molecule has 4 aromatic heterocycles. The molecule has 3 N–H and O–H groups in total. The lowest BCUT2D eigenvalue weighted by Crippen LogP contribution is -2.54. The van der Waals surface area contributed by atoms with Crippen molar-refractivity contribution in [3.8, 4) is 28.0 Å². The maximum atomic E-state index is 13.4. The fraction of sp³-hybridized carbons (Fsp3) is 0.366. The number of anilines is 2. The number of rotatable bonds is 8. The molecule has 1 unspecified atom stereocenters. The third-order valence-corrected chi connectivity index (χ3v) is 12.9. The summed E-state index contributed by atoms with van der Waals surface area (Å²) in [4.78, 5) is 71.7. The molecule has 17 heteroatoms. The normalized spacial score (nSPS) is 21.2. The van der Waals surface area contributed by atoms with Crippen LogP contribution in [0.25, 0.3) is 27.5 Å². The molecular formula is C41H39N11O5S. The van der Waals surface area contributed by atoms with E-state index in [0.29, 0.717) is 31.5 Å². The van der Waals surface area contributed by atoms with Crippen LogP contribution in [0.5, 0.6) is 0 Å². The quantitative estimate of drug-likeness (QED) is 0.188. The zero-order valence-electron chi connectivity index (χ0n) is 31.6. The van der Waals surface area contributed by atoms with E-state index >= 15 is 0 Å². The number of benzene rings is 1. The van der Waals surface area contributed by atoms with Crippen LogP contribution >= 0.6 is 11.3 Å². The van der Waals surface area contributed by atoms with Gasteiger partial charge in [0.15, 0.2) is 5.01 Å². The Morgan fingerprint density at radius 3 is 2.45 bits per heavy atom. The molecule has 0 radical (unpaired) electrons. The molecule has 9 rings (SSSR count). The maximum Gasteiger partial charge on any atom is 0.262 e. The minimum absolute atomic E-state index is 0.0682. The molecule has 1 aliphatic carbocycles. The number of aromatic nitrogens is 5. The fourth-order valence-corrected chi connectivity index (χ4v) is 9.63. The number of pyridine rings is 1. The summed E-state index contributed by atoms with van der Waals surface area (Å²) in [6, 6.07) is 14.0. The summed E-state index contributed by atoms with van der Waals surface area (Å²) in [7, 11) is 1.86. The molecule has 1 saturated carbocycles. The van der Waals surface area contributed by atoms with E-state index in [1.54, 1.807) is 40.2 Å². The van der Waals surface area contributed by atoms with Gasteiger partial charge in [0.05, 0.1) is 45.4 Å². The van der Waals surface area contributed by atoms with Crippen LogP contribution in [0.4, 0.5) is 11.4 Å². The summed E-state index contributed by atoms with van der Waals surface area (Å²) in [6.07, 6.45) is 8.35. The Bertz CT molecular complexity index is 2540. The van der Waals surface area contributed by atoms with Crippen molar-refractivity contribution < 1.29 is 24.0 Å². The first-order chi connectivity index (χ1) is 28.2. The zero-order chi connectivity index (χ0) is 40.1. The number of nitrogens with one attached hydrogen (secondary N) is 3. The van der Waals surface area contributed by atoms with E-state index < -0.39 is 29.7 Å². The second kappa shape index (κ2) is 15.1. The van der Waals surface area contributed by atoms with E-state index in [0.717, 1.165) is 74.4 Å². The number of amides is 5. The molecule has 3 aliphatic heterocycles. The Labute approximate surface area is 336 Å². The number of carbonyl (C=O) groups excluding carboxylic acids is 5. The van der Waals surface area contributed by atoms with Gasteiger partial charge in [0.2, 0.25) is 17.7 Å². The summed E-state index contributed by atoms with van der Waals surface area (Å²) in [5, 5.41) is 33.4. The standard InChI is InChI=1S/C41H39N11O5S/c1-43-31-18-32(33-9-7-27-16-22(19-42)20-45-52(27)33)44-21-30(31)39-49-48-38(58-39)24-2-4-25(5-3-24)46-36(54)23-12-14-50(15-13-23)26-6-8-28-29(17-26)41(57)51(40(28)56)34-10-11-35(53)47-37(34)55/h6-9,16-18,20-21,23-25,34H,2-5,10-15H2,1H3,(H,43,44)(H,46,54)(H,47,53,55)/t24-,25+,34?. The van der Waals surface area contributed by atoms with Gasteiger partial charge in [-0.3, -0.25) is 39.2 Å². The van der Waals surface area contributed by atoms with Crippen LogP contribution in [0.1, 0.15) is 88.6 Å². The number of hydrogen-bond donors (Lipinski definition) is 3. The van der Waals surface area contributed by atoms with Crippen LogP contribution in [0, 0.1) is 17.2 Å². The zero-order valence-corrected chi connectivity index (χ0v) is 32.4. The Kier molecular flexibility index (Phi) is 9.64. The molecule has 3 fully saturated rings. The SMILES string of the molecule is CNc1cc(-c2ccc3cc(C#N)cnn23)ncc1-c1nnc([C@H]2CC[C@@H](NC(=O)C3CCN(c4ccc5c(c4)C(=O)N(C4CCC(=O)NC4=O)C5=O)CC3)CC2)s1. The first-order valence-electron chi connectivity index (χ1n) is 19.5. The lowest BCUT2D eigenvalue weighted by Gasteiger charge is -2.34. The molecular weight excluding hydrogens is 759 g/mol. The Balaban J connectivity index is 0.772. The van der Waals surface area contributed by atoms with Gasteiger partial charge in [0.1, 0.15) is 17.1 Å². The van der Waals surface area contributed by atoms with Crippen molar-refractivity contribution in [1.29, 1.82) is 5.26 Å². The second-order valence-electron chi connectivity index (χ2n) is 15.2. The number of carbonyl (C=O) groups is 5. The smallest absolute Gasteiger partial charge is 0.262 e.